The van der Waals surface area contributed by atoms with E-state index in [-0.39, 0.29) is 11.4 Å². The van der Waals surface area contributed by atoms with Gasteiger partial charge in [0.2, 0.25) is 5.69 Å². The molecule has 5 nitrogen and oxygen atoms in total. The van der Waals surface area contributed by atoms with Crippen LogP contribution in [-0.4, -0.2) is 19.1 Å². The van der Waals surface area contributed by atoms with E-state index >= 15 is 0 Å². The van der Waals surface area contributed by atoms with Gasteiger partial charge in [-0.2, -0.15) is 0 Å². The minimum absolute atomic E-state index is 0.0494. The van der Waals surface area contributed by atoms with Gasteiger partial charge in [-0.25, -0.2) is 4.79 Å². The van der Waals surface area contributed by atoms with Crippen LogP contribution in [-0.2, 0) is 0 Å². The molecule has 0 unspecified atom stereocenters. The highest BCUT2D eigenvalue weighted by molar-refractivity contribution is 6.87. The Kier molecular flexibility index (Phi) is 3.28. The minimum Gasteiger partial charge on any atom is -0.294 e. The molecule has 0 saturated carbocycles. The zero-order valence-electron chi connectivity index (χ0n) is 11.5. The van der Waals surface area contributed by atoms with E-state index in [2.05, 4.69) is 24.9 Å². The molecule has 6 heteroatoms. The van der Waals surface area contributed by atoms with Gasteiger partial charge in [-0.05, 0) is 22.9 Å². The molecule has 2 aromatic rings. The lowest BCUT2D eigenvalue weighted by Gasteiger charge is -2.07. The number of rotatable bonds is 3. The quantitative estimate of drug-likeness (QED) is 0.517. The van der Waals surface area contributed by atoms with Crippen molar-refractivity contribution in [3.05, 3.63) is 40.2 Å². The summed E-state index contributed by atoms with van der Waals surface area (Å²) in [5.41, 5.74) is 0.847. The monoisotopic (exact) mass is 277 g/mol. The van der Waals surface area contributed by atoms with Crippen LogP contribution in [0.4, 0.5) is 0 Å². The molecule has 100 valence electrons. The molecule has 2 rings (SSSR count). The third kappa shape index (κ3) is 2.44. The van der Waals surface area contributed by atoms with Gasteiger partial charge in [0.1, 0.15) is 0 Å². The van der Waals surface area contributed by atoms with Crippen molar-refractivity contribution in [3.8, 4) is 5.69 Å². The maximum absolute atomic E-state index is 11.9. The summed E-state index contributed by atoms with van der Waals surface area (Å²) in [7, 11) is -1.90. The van der Waals surface area contributed by atoms with E-state index in [0.717, 1.165) is 0 Å². The Morgan fingerprint density at radius 3 is 2.47 bits per heavy atom. The highest BCUT2D eigenvalue weighted by atomic mass is 28.3. The molecular formula is C13H17N2O3Si+. The summed E-state index contributed by atoms with van der Waals surface area (Å²) >= 11 is 0. The molecule has 1 aromatic carbocycles. The molecule has 1 aromatic heterocycles. The number of nitrogens with zero attached hydrogens (tertiary/aromatic N) is 1. The van der Waals surface area contributed by atoms with E-state index in [1.807, 2.05) is 6.07 Å². The molecular weight excluding hydrogens is 260 g/mol. The third-order valence-electron chi connectivity index (χ3n) is 2.88. The summed E-state index contributed by atoms with van der Waals surface area (Å²) in [6.45, 7) is 7.67. The van der Waals surface area contributed by atoms with Gasteiger partial charge in [-0.15, -0.1) is 0 Å². The van der Waals surface area contributed by atoms with Crippen molar-refractivity contribution < 1.29 is 14.0 Å². The van der Waals surface area contributed by atoms with Crippen LogP contribution < -0.4 is 15.6 Å². The van der Waals surface area contributed by atoms with Crippen LogP contribution in [0.5, 0.6) is 0 Å². The molecule has 1 heterocycles. The highest BCUT2D eigenvalue weighted by Gasteiger charge is 2.37. The summed E-state index contributed by atoms with van der Waals surface area (Å²) in [5.74, 6) is -0.0494. The number of nitrogens with one attached hydrogen (secondary N) is 1. The van der Waals surface area contributed by atoms with E-state index in [1.54, 1.807) is 22.9 Å². The molecule has 0 radical (unpaired) electrons. The summed E-state index contributed by atoms with van der Waals surface area (Å²) in [6, 6.07) is 7.16. The van der Waals surface area contributed by atoms with Crippen LogP contribution in [0.15, 0.2) is 33.6 Å². The second-order valence-electron chi connectivity index (χ2n) is 5.49. The molecule has 19 heavy (non-hydrogen) atoms. The van der Waals surface area contributed by atoms with Crippen molar-refractivity contribution in [2.75, 3.05) is 0 Å². The Hall–Kier alpha value is -1.95. The Morgan fingerprint density at radius 1 is 1.26 bits per heavy atom. The molecule has 0 saturated heterocycles. The fraction of sp³-hybridized carbons (Fsp3) is 0.308. The molecule has 0 fully saturated rings. The second kappa shape index (κ2) is 4.62. The fourth-order valence-corrected chi connectivity index (χ4v) is 3.55. The standard InChI is InChI=1S/C13H16N2O3Si/c1-9(16)10-7-5-6-8-11(10)15-12(19(2,3)4)13(17)18-14-15/h5-8H,1-4H3/p+1. The number of hydrogen-bond donors (Lipinski definition) is 1. The molecule has 0 aliphatic heterocycles. The van der Waals surface area contributed by atoms with Crippen LogP contribution in [0.2, 0.25) is 19.6 Å². The van der Waals surface area contributed by atoms with E-state index in [1.165, 1.54) is 6.92 Å². The van der Waals surface area contributed by atoms with Gasteiger partial charge in [0.25, 0.3) is 5.32 Å². The normalized spacial score (nSPS) is 11.6. The molecule has 1 N–H and O–H groups in total. The largest absolute Gasteiger partial charge is 0.424 e. The van der Waals surface area contributed by atoms with E-state index < -0.39 is 8.07 Å². The average Bonchev–Trinajstić information content (AvgIpc) is 2.70. The first-order valence-corrected chi connectivity index (χ1v) is 9.56. The Labute approximate surface area is 111 Å². The van der Waals surface area contributed by atoms with Crippen molar-refractivity contribution in [1.29, 1.82) is 0 Å². The van der Waals surface area contributed by atoms with Gasteiger partial charge >= 0.3 is 5.63 Å². The molecule has 0 aliphatic carbocycles. The number of aromatic amines is 1. The molecule has 0 aliphatic rings. The van der Waals surface area contributed by atoms with E-state index in [9.17, 15) is 9.59 Å². The van der Waals surface area contributed by atoms with Gasteiger partial charge in [0.05, 0.1) is 5.56 Å². The number of para-hydroxylation sites is 1. The third-order valence-corrected chi connectivity index (χ3v) is 4.73. The number of Topliss-reactive ketones (excluding diaryl/α,β-unsaturated/α-hetero) is 1. The zero-order valence-corrected chi connectivity index (χ0v) is 12.5. The topological polar surface area (TPSA) is 66.9 Å². The number of aromatic nitrogens is 2. The summed E-state index contributed by atoms with van der Waals surface area (Å²) < 4.78 is 6.52. The Balaban J connectivity index is 2.75. The Bertz CT molecular complexity index is 680. The summed E-state index contributed by atoms with van der Waals surface area (Å²) in [5, 5.41) is 3.22. The van der Waals surface area contributed by atoms with Crippen molar-refractivity contribution in [3.63, 3.8) is 0 Å². The lowest BCUT2D eigenvalue weighted by molar-refractivity contribution is -0.654. The van der Waals surface area contributed by atoms with E-state index in [4.69, 9.17) is 4.52 Å². The smallest absolute Gasteiger partial charge is 0.294 e. The first-order valence-electron chi connectivity index (χ1n) is 6.06. The van der Waals surface area contributed by atoms with Crippen molar-refractivity contribution in [1.82, 2.24) is 5.27 Å². The first-order chi connectivity index (χ1) is 8.82. The lowest BCUT2D eigenvalue weighted by atomic mass is 10.1. The van der Waals surface area contributed by atoms with Gasteiger partial charge in [0.15, 0.2) is 13.9 Å². The van der Waals surface area contributed by atoms with Gasteiger partial charge in [-0.3, -0.25) is 9.32 Å². The van der Waals surface area contributed by atoms with Crippen LogP contribution in [0, 0.1) is 0 Å². The van der Waals surface area contributed by atoms with Crippen molar-refractivity contribution in [2.24, 2.45) is 0 Å². The Morgan fingerprint density at radius 2 is 1.89 bits per heavy atom. The number of benzene rings is 1. The van der Waals surface area contributed by atoms with Crippen LogP contribution in [0.25, 0.3) is 5.69 Å². The van der Waals surface area contributed by atoms with Crippen molar-refractivity contribution >= 4 is 19.2 Å². The molecule has 0 spiro atoms. The average molecular weight is 277 g/mol. The highest BCUT2D eigenvalue weighted by Crippen LogP contribution is 2.08. The molecule has 0 bridgehead atoms. The molecule has 0 amide bonds. The predicted molar refractivity (Wildman–Crippen MR) is 73.8 cm³/mol. The number of carbonyl (C=O) groups is 1. The van der Waals surface area contributed by atoms with Crippen molar-refractivity contribution in [2.45, 2.75) is 26.6 Å². The van der Waals surface area contributed by atoms with Crippen LogP contribution in [0.1, 0.15) is 17.3 Å². The van der Waals surface area contributed by atoms with Gasteiger partial charge < -0.3 is 0 Å². The maximum Gasteiger partial charge on any atom is 0.424 e. The van der Waals surface area contributed by atoms with Crippen LogP contribution in [0.3, 0.4) is 0 Å². The number of hydrogen-bond acceptors (Lipinski definition) is 3. The van der Waals surface area contributed by atoms with Gasteiger partial charge in [0, 0.05) is 6.07 Å². The SMILES string of the molecule is CC(=O)c1ccccc1-[n+]1[nH]oc(=O)c1[Si](C)(C)C. The summed E-state index contributed by atoms with van der Waals surface area (Å²) in [6.07, 6.45) is 0. The predicted octanol–water partition coefficient (Wildman–Crippen LogP) is 0.992. The first kappa shape index (κ1) is 13.5. The summed E-state index contributed by atoms with van der Waals surface area (Å²) in [4.78, 5) is 23.6. The minimum atomic E-state index is -1.90. The zero-order chi connectivity index (χ0) is 14.2. The van der Waals surface area contributed by atoms with Gasteiger partial charge in [-0.1, -0.05) is 31.8 Å². The number of H-pyrrole nitrogens is 1. The lowest BCUT2D eigenvalue weighted by Crippen LogP contribution is -2.63. The maximum atomic E-state index is 11.9. The fourth-order valence-electron chi connectivity index (χ4n) is 2.05. The second-order valence-corrected chi connectivity index (χ2v) is 10.5. The molecule has 0 atom stereocenters. The number of ketones is 1. The van der Waals surface area contributed by atoms with Crippen LogP contribution >= 0.6 is 0 Å². The van der Waals surface area contributed by atoms with E-state index in [0.29, 0.717) is 16.6 Å². The number of carbonyl (C=O) groups excluding carboxylic acids is 1.